The van der Waals surface area contributed by atoms with Crippen LogP contribution >= 0.6 is 11.3 Å². The van der Waals surface area contributed by atoms with Gasteiger partial charge in [0.25, 0.3) is 0 Å². The minimum Gasteiger partial charge on any atom is -0.342 e. The maximum absolute atomic E-state index is 12.3. The van der Waals surface area contributed by atoms with Gasteiger partial charge in [-0.2, -0.15) is 0 Å². The van der Waals surface area contributed by atoms with Gasteiger partial charge in [0.2, 0.25) is 5.91 Å². The number of imidazole rings is 1. The van der Waals surface area contributed by atoms with Gasteiger partial charge in [-0.15, -0.1) is 11.3 Å². The third kappa shape index (κ3) is 4.28. The quantitative estimate of drug-likeness (QED) is 0.505. The van der Waals surface area contributed by atoms with Crippen LogP contribution in [0.1, 0.15) is 27.0 Å². The Morgan fingerprint density at radius 2 is 1.82 bits per heavy atom. The number of rotatable bonds is 6. The predicted octanol–water partition coefficient (Wildman–Crippen LogP) is 4.60. The van der Waals surface area contributed by atoms with Crippen LogP contribution in [0.2, 0.25) is 0 Å². The highest BCUT2D eigenvalue weighted by Gasteiger charge is 2.10. The molecule has 4 aromatic rings. The molecule has 0 saturated heterocycles. The van der Waals surface area contributed by atoms with Crippen LogP contribution in [-0.2, 0) is 24.1 Å². The molecule has 0 spiro atoms. The molecule has 2 N–H and O–H groups in total. The lowest BCUT2D eigenvalue weighted by molar-refractivity contribution is -0.115. The first-order valence-electron chi connectivity index (χ1n) is 9.32. The molecule has 28 heavy (non-hydrogen) atoms. The van der Waals surface area contributed by atoms with Crippen LogP contribution in [0.3, 0.4) is 0 Å². The molecule has 0 bridgehead atoms. The summed E-state index contributed by atoms with van der Waals surface area (Å²) < 4.78 is 0. The van der Waals surface area contributed by atoms with Crippen LogP contribution in [0.15, 0.2) is 48.5 Å². The summed E-state index contributed by atoms with van der Waals surface area (Å²) in [5, 5.41) is 3.96. The van der Waals surface area contributed by atoms with Crippen LogP contribution in [0, 0.1) is 13.8 Å². The molecule has 2 aromatic carbocycles. The summed E-state index contributed by atoms with van der Waals surface area (Å²) in [5.74, 6) is 0.982. The van der Waals surface area contributed by atoms with Crippen LogP contribution in [0.4, 0.5) is 5.69 Å². The molecule has 1 amide bonds. The summed E-state index contributed by atoms with van der Waals surface area (Å²) >= 11 is 1.58. The van der Waals surface area contributed by atoms with Crippen molar-refractivity contribution in [3.63, 3.8) is 0 Å². The number of benzene rings is 2. The number of anilines is 1. The Balaban J connectivity index is 1.33. The minimum atomic E-state index is -0.0122. The van der Waals surface area contributed by atoms with Crippen molar-refractivity contribution in [3.05, 3.63) is 75.5 Å². The maximum atomic E-state index is 12.3. The van der Waals surface area contributed by atoms with E-state index in [0.29, 0.717) is 6.42 Å². The van der Waals surface area contributed by atoms with Crippen molar-refractivity contribution in [2.45, 2.75) is 33.1 Å². The minimum absolute atomic E-state index is 0.0122. The van der Waals surface area contributed by atoms with Gasteiger partial charge in [-0.25, -0.2) is 9.97 Å². The molecular weight excluding hydrogens is 368 g/mol. The highest BCUT2D eigenvalue weighted by molar-refractivity contribution is 7.11. The SMILES string of the molecule is Cc1nc(C)c(CC(=O)Nc2ccc(CCc3nc4ccccc4[nH]3)cc2)s1. The largest absolute Gasteiger partial charge is 0.342 e. The van der Waals surface area contributed by atoms with Crippen molar-refractivity contribution < 1.29 is 4.79 Å². The summed E-state index contributed by atoms with van der Waals surface area (Å²) in [5.41, 5.74) is 5.05. The van der Waals surface area contributed by atoms with Crippen molar-refractivity contribution in [1.29, 1.82) is 0 Å². The van der Waals surface area contributed by atoms with Gasteiger partial charge < -0.3 is 10.3 Å². The van der Waals surface area contributed by atoms with E-state index in [-0.39, 0.29) is 5.91 Å². The van der Waals surface area contributed by atoms with Gasteiger partial charge in [-0.05, 0) is 50.1 Å². The number of hydrogen-bond donors (Lipinski definition) is 2. The van der Waals surface area contributed by atoms with E-state index in [4.69, 9.17) is 0 Å². The fraction of sp³-hybridized carbons (Fsp3) is 0.227. The molecule has 4 rings (SSSR count). The van der Waals surface area contributed by atoms with E-state index in [1.165, 1.54) is 5.56 Å². The molecule has 6 heteroatoms. The lowest BCUT2D eigenvalue weighted by Crippen LogP contribution is -2.14. The Morgan fingerprint density at radius 3 is 2.54 bits per heavy atom. The number of carbonyl (C=O) groups excluding carboxylic acids is 1. The predicted molar refractivity (Wildman–Crippen MR) is 114 cm³/mol. The van der Waals surface area contributed by atoms with Gasteiger partial charge in [0.15, 0.2) is 0 Å². The summed E-state index contributed by atoms with van der Waals surface area (Å²) in [4.78, 5) is 25.7. The lowest BCUT2D eigenvalue weighted by atomic mass is 10.1. The first-order chi connectivity index (χ1) is 13.6. The average Bonchev–Trinajstić information content (AvgIpc) is 3.23. The number of amides is 1. The summed E-state index contributed by atoms with van der Waals surface area (Å²) in [6.45, 7) is 3.91. The molecule has 0 saturated carbocycles. The number of carbonyl (C=O) groups is 1. The Labute approximate surface area is 167 Å². The van der Waals surface area contributed by atoms with Crippen molar-refractivity contribution in [2.24, 2.45) is 0 Å². The van der Waals surface area contributed by atoms with E-state index in [1.807, 2.05) is 50.2 Å². The van der Waals surface area contributed by atoms with E-state index < -0.39 is 0 Å². The molecule has 0 unspecified atom stereocenters. The lowest BCUT2D eigenvalue weighted by Gasteiger charge is -2.06. The van der Waals surface area contributed by atoms with E-state index >= 15 is 0 Å². The topological polar surface area (TPSA) is 70.7 Å². The van der Waals surface area contributed by atoms with E-state index in [1.54, 1.807) is 11.3 Å². The third-order valence-electron chi connectivity index (χ3n) is 4.65. The number of nitrogens with zero attached hydrogens (tertiary/aromatic N) is 2. The number of nitrogens with one attached hydrogen (secondary N) is 2. The maximum Gasteiger partial charge on any atom is 0.229 e. The molecule has 2 aromatic heterocycles. The highest BCUT2D eigenvalue weighted by Crippen LogP contribution is 2.19. The second-order valence-electron chi connectivity index (χ2n) is 6.86. The molecule has 0 aliphatic rings. The molecule has 0 aliphatic carbocycles. The second kappa shape index (κ2) is 7.94. The Morgan fingerprint density at radius 1 is 1.04 bits per heavy atom. The van der Waals surface area contributed by atoms with Crippen molar-refractivity contribution in [1.82, 2.24) is 15.0 Å². The first-order valence-corrected chi connectivity index (χ1v) is 10.1. The molecule has 142 valence electrons. The van der Waals surface area contributed by atoms with Gasteiger partial charge in [0.05, 0.1) is 28.2 Å². The number of H-pyrrole nitrogens is 1. The van der Waals surface area contributed by atoms with Gasteiger partial charge in [0.1, 0.15) is 5.82 Å². The van der Waals surface area contributed by atoms with Crippen LogP contribution in [0.5, 0.6) is 0 Å². The number of para-hydroxylation sites is 2. The molecule has 0 radical (unpaired) electrons. The van der Waals surface area contributed by atoms with E-state index in [2.05, 4.69) is 32.4 Å². The average molecular weight is 391 g/mol. The standard InChI is InChI=1S/C22H22N4OS/c1-14-20(28-15(2)23-14)13-22(27)24-17-10-7-16(8-11-17)9-12-21-25-18-5-3-4-6-19(18)26-21/h3-8,10-11H,9,12-13H2,1-2H3,(H,24,27)(H,25,26). The number of aromatic nitrogens is 3. The van der Waals surface area contributed by atoms with Gasteiger partial charge in [-0.3, -0.25) is 4.79 Å². The second-order valence-corrected chi connectivity index (χ2v) is 8.15. The normalized spacial score (nSPS) is 11.1. The van der Waals surface area contributed by atoms with Crippen molar-refractivity contribution >= 4 is 34.0 Å². The summed E-state index contributed by atoms with van der Waals surface area (Å²) in [6.07, 6.45) is 2.11. The van der Waals surface area contributed by atoms with Crippen LogP contribution < -0.4 is 5.32 Å². The summed E-state index contributed by atoms with van der Waals surface area (Å²) in [7, 11) is 0. The van der Waals surface area contributed by atoms with Crippen LogP contribution in [-0.4, -0.2) is 20.9 Å². The zero-order chi connectivity index (χ0) is 19.5. The number of hydrogen-bond acceptors (Lipinski definition) is 4. The fourth-order valence-electron chi connectivity index (χ4n) is 3.23. The molecule has 0 aliphatic heterocycles. The van der Waals surface area contributed by atoms with Gasteiger partial charge in [0, 0.05) is 17.0 Å². The number of fused-ring (bicyclic) bond motifs is 1. The Bertz CT molecular complexity index is 1080. The Kier molecular flexibility index (Phi) is 5.21. The molecular formula is C22H22N4OS. The van der Waals surface area contributed by atoms with E-state index in [9.17, 15) is 4.79 Å². The molecule has 2 heterocycles. The zero-order valence-corrected chi connectivity index (χ0v) is 16.8. The summed E-state index contributed by atoms with van der Waals surface area (Å²) in [6, 6.07) is 16.1. The zero-order valence-electron chi connectivity index (χ0n) is 16.0. The van der Waals surface area contributed by atoms with Gasteiger partial charge in [-0.1, -0.05) is 24.3 Å². The molecule has 5 nitrogen and oxygen atoms in total. The van der Waals surface area contributed by atoms with Crippen LogP contribution in [0.25, 0.3) is 11.0 Å². The first kappa shape index (κ1) is 18.4. The number of aryl methyl sites for hydroxylation is 4. The van der Waals surface area contributed by atoms with Gasteiger partial charge >= 0.3 is 0 Å². The fourth-order valence-corrected chi connectivity index (χ4v) is 4.17. The molecule has 0 atom stereocenters. The number of aromatic amines is 1. The van der Waals surface area contributed by atoms with Crippen molar-refractivity contribution in [2.75, 3.05) is 5.32 Å². The molecule has 0 fully saturated rings. The number of thiazole rings is 1. The highest BCUT2D eigenvalue weighted by atomic mass is 32.1. The monoisotopic (exact) mass is 390 g/mol. The smallest absolute Gasteiger partial charge is 0.229 e. The van der Waals surface area contributed by atoms with Crippen molar-refractivity contribution in [3.8, 4) is 0 Å². The third-order valence-corrected chi connectivity index (χ3v) is 5.72. The van der Waals surface area contributed by atoms with E-state index in [0.717, 1.165) is 51.0 Å². The Hall–Kier alpha value is -2.99.